The number of aromatic nitrogens is 2. The summed E-state index contributed by atoms with van der Waals surface area (Å²) in [5.41, 5.74) is 4.30. The van der Waals surface area contributed by atoms with E-state index in [1.54, 1.807) is 30.5 Å². The van der Waals surface area contributed by atoms with E-state index in [1.807, 2.05) is 0 Å². The minimum absolute atomic E-state index is 0.0976. The van der Waals surface area contributed by atoms with Gasteiger partial charge in [0, 0.05) is 10.3 Å². The fourth-order valence-corrected chi connectivity index (χ4v) is 6.92. The van der Waals surface area contributed by atoms with E-state index in [0.29, 0.717) is 15.8 Å². The summed E-state index contributed by atoms with van der Waals surface area (Å²) in [6.45, 7) is 3.79. The molecule has 210 valence electrons. The lowest BCUT2D eigenvalue weighted by atomic mass is 9.90. The van der Waals surface area contributed by atoms with Crippen molar-refractivity contribution < 1.29 is 37.9 Å². The number of benzene rings is 1. The van der Waals surface area contributed by atoms with Crippen molar-refractivity contribution >= 4 is 41.8 Å². The second-order valence-electron chi connectivity index (χ2n) is 8.93. The van der Waals surface area contributed by atoms with Crippen LogP contribution in [0.25, 0.3) is 10.9 Å². The number of nitrogens with zero attached hydrogens (tertiary/aromatic N) is 3. The average molecular weight is 582 g/mol. The number of nitrogens with two attached hydrogens (primary N) is 1. The predicted molar refractivity (Wildman–Crippen MR) is 141 cm³/mol. The van der Waals surface area contributed by atoms with E-state index < -0.39 is 55.1 Å². The van der Waals surface area contributed by atoms with E-state index >= 15 is 0 Å². The highest BCUT2D eigenvalue weighted by molar-refractivity contribution is 7.52. The molecule has 0 aliphatic carbocycles. The number of nitro groups is 1. The third-order valence-corrected chi connectivity index (χ3v) is 8.74. The van der Waals surface area contributed by atoms with Gasteiger partial charge in [0.05, 0.1) is 29.0 Å². The summed E-state index contributed by atoms with van der Waals surface area (Å²) >= 11 is 1.16. The molecule has 39 heavy (non-hydrogen) atoms. The molecule has 1 fully saturated rings. The topological polar surface area (TPSA) is 198 Å². The summed E-state index contributed by atoms with van der Waals surface area (Å²) in [5.74, 6) is -0.325. The molecule has 3 heterocycles. The molecule has 2 aromatic heterocycles. The Bertz CT molecular complexity index is 1390. The van der Waals surface area contributed by atoms with Crippen molar-refractivity contribution in [1.82, 2.24) is 15.1 Å². The van der Waals surface area contributed by atoms with Gasteiger partial charge in [-0.2, -0.15) is 5.09 Å². The number of rotatable bonds is 11. The second-order valence-corrected chi connectivity index (χ2v) is 11.5. The number of thiophene rings is 1. The number of carbonyl (C=O) groups is 1. The average Bonchev–Trinajstić information content (AvgIpc) is 3.41. The van der Waals surface area contributed by atoms with Crippen LogP contribution >= 0.6 is 19.1 Å². The number of ether oxygens (including phenoxy) is 2. The van der Waals surface area contributed by atoms with Gasteiger partial charge >= 0.3 is 13.7 Å². The molecule has 3 aromatic rings. The van der Waals surface area contributed by atoms with Crippen molar-refractivity contribution in [2.45, 2.75) is 50.7 Å². The molecule has 1 aliphatic heterocycles. The van der Waals surface area contributed by atoms with Crippen LogP contribution < -0.4 is 15.3 Å². The lowest BCUT2D eigenvalue weighted by Crippen LogP contribution is -2.48. The Hall–Kier alpha value is -3.20. The Morgan fingerprint density at radius 1 is 1.38 bits per heavy atom. The number of aliphatic hydroxyl groups is 1. The van der Waals surface area contributed by atoms with E-state index in [4.69, 9.17) is 24.3 Å². The molecule has 0 radical (unpaired) electrons. The summed E-state index contributed by atoms with van der Waals surface area (Å²) in [5, 5.41) is 28.1. The Balaban J connectivity index is 1.61. The zero-order chi connectivity index (χ0) is 28.4. The number of esters is 1. The van der Waals surface area contributed by atoms with Crippen molar-refractivity contribution in [1.29, 1.82) is 0 Å². The molecule has 0 spiro atoms. The molecule has 0 amide bonds. The van der Waals surface area contributed by atoms with E-state index in [0.717, 1.165) is 11.3 Å². The first-order chi connectivity index (χ1) is 18.5. The second kappa shape index (κ2) is 11.5. The summed E-state index contributed by atoms with van der Waals surface area (Å²) in [4.78, 5) is 32.2. The molecule has 16 heteroatoms. The number of para-hydroxylation sites is 1. The lowest BCUT2D eigenvalue weighted by molar-refractivity contribution is -0.545. The SMILES string of the molecule is CCOC(=O)[C@H](C)NP(=O)(OC[C@H]1O[C@@H](c2scc3c(N)ncnc23)[C@](C)(O)[C@@H]1[N+](=O)[O-])Oc1ccccc1. The van der Waals surface area contributed by atoms with Crippen molar-refractivity contribution in [2.24, 2.45) is 0 Å². The lowest BCUT2D eigenvalue weighted by Gasteiger charge is -2.25. The highest BCUT2D eigenvalue weighted by atomic mass is 32.1. The Morgan fingerprint density at radius 3 is 2.77 bits per heavy atom. The first-order valence-corrected chi connectivity index (χ1v) is 14.3. The fourth-order valence-electron chi connectivity index (χ4n) is 4.25. The smallest absolute Gasteiger partial charge is 0.459 e. The number of nitrogens with one attached hydrogen (secondary N) is 1. The molecule has 1 aromatic carbocycles. The molecule has 0 bridgehead atoms. The fraction of sp³-hybridized carbons (Fsp3) is 0.435. The molecular formula is C23H28N5O9PS. The van der Waals surface area contributed by atoms with Crippen molar-refractivity contribution in [3.63, 3.8) is 0 Å². The van der Waals surface area contributed by atoms with E-state index in [1.165, 1.54) is 32.3 Å². The van der Waals surface area contributed by atoms with Crippen LogP contribution in [-0.2, 0) is 23.4 Å². The predicted octanol–water partition coefficient (Wildman–Crippen LogP) is 2.85. The van der Waals surface area contributed by atoms with Gasteiger partial charge in [-0.05, 0) is 32.9 Å². The number of anilines is 1. The number of hydrogen-bond acceptors (Lipinski definition) is 13. The number of fused-ring (bicyclic) bond motifs is 1. The molecule has 1 aliphatic rings. The van der Waals surface area contributed by atoms with Gasteiger partial charge < -0.3 is 24.8 Å². The van der Waals surface area contributed by atoms with E-state index in [-0.39, 0.29) is 18.2 Å². The van der Waals surface area contributed by atoms with Crippen molar-refractivity contribution in [3.8, 4) is 5.75 Å². The highest BCUT2D eigenvalue weighted by Crippen LogP contribution is 2.50. The third kappa shape index (κ3) is 6.03. The zero-order valence-corrected chi connectivity index (χ0v) is 23.0. The minimum atomic E-state index is -4.32. The van der Waals surface area contributed by atoms with Gasteiger partial charge in [-0.15, -0.1) is 11.3 Å². The maximum absolute atomic E-state index is 13.7. The van der Waals surface area contributed by atoms with Crippen LogP contribution in [0.5, 0.6) is 5.75 Å². The largest absolute Gasteiger partial charge is 0.465 e. The maximum atomic E-state index is 13.7. The van der Waals surface area contributed by atoms with E-state index in [9.17, 15) is 24.6 Å². The van der Waals surface area contributed by atoms with Crippen LogP contribution in [0, 0.1) is 10.1 Å². The maximum Gasteiger partial charge on any atom is 0.459 e. The Morgan fingerprint density at radius 2 is 2.10 bits per heavy atom. The van der Waals surface area contributed by atoms with Crippen LogP contribution in [0.2, 0.25) is 0 Å². The van der Waals surface area contributed by atoms with E-state index in [2.05, 4.69) is 15.1 Å². The molecular weight excluding hydrogens is 553 g/mol. The summed E-state index contributed by atoms with van der Waals surface area (Å²) < 4.78 is 35.8. The molecule has 4 N–H and O–H groups in total. The van der Waals surface area contributed by atoms with Gasteiger partial charge in [-0.25, -0.2) is 14.5 Å². The summed E-state index contributed by atoms with van der Waals surface area (Å²) in [6.07, 6.45) is -1.29. The van der Waals surface area contributed by atoms with Gasteiger partial charge in [0.15, 0.2) is 11.7 Å². The van der Waals surface area contributed by atoms with Crippen LogP contribution in [0.4, 0.5) is 5.82 Å². The number of hydrogen-bond donors (Lipinski definition) is 3. The van der Waals surface area contributed by atoms with Gasteiger partial charge in [0.1, 0.15) is 30.0 Å². The normalized spacial score (nSPS) is 25.2. The Labute approximate surface area is 227 Å². The zero-order valence-electron chi connectivity index (χ0n) is 21.3. The minimum Gasteiger partial charge on any atom is -0.465 e. The molecule has 14 nitrogen and oxygen atoms in total. The number of nitrogen functional groups attached to an aromatic ring is 1. The van der Waals surface area contributed by atoms with Gasteiger partial charge in [0.2, 0.25) is 0 Å². The molecule has 1 unspecified atom stereocenters. The molecule has 1 saturated heterocycles. The quantitative estimate of drug-likeness (QED) is 0.129. The molecule has 0 saturated carbocycles. The van der Waals surface area contributed by atoms with Gasteiger partial charge in [-0.3, -0.25) is 19.4 Å². The van der Waals surface area contributed by atoms with Crippen LogP contribution in [0.3, 0.4) is 0 Å². The third-order valence-electron chi connectivity index (χ3n) is 6.08. The van der Waals surface area contributed by atoms with Crippen molar-refractivity contribution in [3.05, 3.63) is 57.0 Å². The van der Waals surface area contributed by atoms with Gasteiger partial charge in [-0.1, -0.05) is 18.2 Å². The first kappa shape index (κ1) is 28.8. The van der Waals surface area contributed by atoms with Crippen molar-refractivity contribution in [2.75, 3.05) is 18.9 Å². The monoisotopic (exact) mass is 581 g/mol. The van der Waals surface area contributed by atoms with Crippen LogP contribution in [0.1, 0.15) is 31.8 Å². The first-order valence-electron chi connectivity index (χ1n) is 11.9. The van der Waals surface area contributed by atoms with Crippen LogP contribution in [-0.4, -0.2) is 63.0 Å². The van der Waals surface area contributed by atoms with Crippen LogP contribution in [0.15, 0.2) is 42.0 Å². The summed E-state index contributed by atoms with van der Waals surface area (Å²) in [7, 11) is -4.32. The standard InChI is InChI=1S/C23H28N5O9PS/c1-4-34-22(29)13(2)27-38(33,37-14-8-6-5-7-9-14)35-10-16-19(28(31)32)23(3,30)20(36-16)18-17-15(11-39-18)21(24)26-12-25-17/h5-9,11-13,16,19-20,30H,4,10H2,1-3H3,(H,27,33)(H2,24,25,26)/t13-,16+,19+,20-,23+,38?/m0/s1. The number of carbonyl (C=O) groups excluding carboxylic acids is 1. The van der Waals surface area contributed by atoms with Gasteiger partial charge in [0.25, 0.3) is 6.04 Å². The summed E-state index contributed by atoms with van der Waals surface area (Å²) in [6, 6.07) is 5.27. The molecule has 6 atom stereocenters. The highest BCUT2D eigenvalue weighted by Gasteiger charge is 2.62. The Kier molecular flexibility index (Phi) is 8.49. The molecule has 4 rings (SSSR count).